The summed E-state index contributed by atoms with van der Waals surface area (Å²) in [5, 5.41) is 15.7. The zero-order chi connectivity index (χ0) is 16.8. The molecule has 0 aliphatic rings. The highest BCUT2D eigenvalue weighted by Crippen LogP contribution is 2.30. The molecule has 4 aromatic rings. The van der Waals surface area contributed by atoms with E-state index in [2.05, 4.69) is 15.1 Å². The second kappa shape index (κ2) is 5.28. The summed E-state index contributed by atoms with van der Waals surface area (Å²) in [6, 6.07) is 7.20. The first-order valence-electron chi connectivity index (χ1n) is 7.17. The highest BCUT2D eigenvalue weighted by molar-refractivity contribution is 6.30. The third-order valence-corrected chi connectivity index (χ3v) is 4.15. The van der Waals surface area contributed by atoms with Crippen molar-refractivity contribution in [1.29, 1.82) is 0 Å². The molecule has 0 aromatic carbocycles. The number of rotatable bonds is 2. The lowest BCUT2D eigenvalue weighted by molar-refractivity contribution is 0.0690. The van der Waals surface area contributed by atoms with E-state index in [9.17, 15) is 4.79 Å². The first-order valence-corrected chi connectivity index (χ1v) is 7.55. The van der Waals surface area contributed by atoms with Crippen molar-refractivity contribution < 1.29 is 9.90 Å². The fraction of sp³-hybridized carbons (Fsp3) is 0.0588. The number of pyridine rings is 3. The van der Waals surface area contributed by atoms with Crippen LogP contribution in [0.15, 0.2) is 42.9 Å². The Morgan fingerprint density at radius 1 is 1.21 bits per heavy atom. The largest absolute Gasteiger partial charge is 0.477 e. The molecule has 1 N–H and O–H groups in total. The van der Waals surface area contributed by atoms with Crippen molar-refractivity contribution in [2.75, 3.05) is 0 Å². The fourth-order valence-electron chi connectivity index (χ4n) is 2.82. The second-order valence-corrected chi connectivity index (χ2v) is 5.83. The van der Waals surface area contributed by atoms with Gasteiger partial charge in [0.05, 0.1) is 17.4 Å². The van der Waals surface area contributed by atoms with Crippen molar-refractivity contribution in [3.8, 4) is 11.3 Å². The van der Waals surface area contributed by atoms with Gasteiger partial charge < -0.3 is 5.11 Å². The van der Waals surface area contributed by atoms with Crippen LogP contribution in [-0.4, -0.2) is 30.7 Å². The van der Waals surface area contributed by atoms with Crippen molar-refractivity contribution in [2.45, 2.75) is 6.92 Å². The summed E-state index contributed by atoms with van der Waals surface area (Å²) >= 11 is 6.01. The third-order valence-electron chi connectivity index (χ3n) is 3.95. The van der Waals surface area contributed by atoms with Crippen LogP contribution in [0, 0.1) is 6.92 Å². The average molecular weight is 339 g/mol. The fourth-order valence-corrected chi connectivity index (χ4v) is 2.98. The van der Waals surface area contributed by atoms with E-state index in [0.29, 0.717) is 5.15 Å². The minimum atomic E-state index is -1.05. The lowest BCUT2D eigenvalue weighted by atomic mass is 10.0. The molecule has 6 nitrogen and oxygen atoms in total. The van der Waals surface area contributed by atoms with Crippen LogP contribution >= 0.6 is 11.6 Å². The first kappa shape index (κ1) is 14.6. The summed E-state index contributed by atoms with van der Waals surface area (Å²) in [4.78, 5) is 19.2. The molecule has 0 amide bonds. The van der Waals surface area contributed by atoms with E-state index in [1.165, 1.54) is 0 Å². The Labute approximate surface area is 141 Å². The Hall–Kier alpha value is -2.99. The number of aryl methyl sites for hydroxylation is 1. The summed E-state index contributed by atoms with van der Waals surface area (Å²) in [7, 11) is 0. The van der Waals surface area contributed by atoms with E-state index in [1.54, 1.807) is 35.2 Å². The van der Waals surface area contributed by atoms with Gasteiger partial charge in [0.15, 0.2) is 0 Å². The van der Waals surface area contributed by atoms with Crippen LogP contribution in [0.4, 0.5) is 0 Å². The topological polar surface area (TPSA) is 80.4 Å². The predicted octanol–water partition coefficient (Wildman–Crippen LogP) is 3.60. The molecule has 0 aliphatic carbocycles. The van der Waals surface area contributed by atoms with Gasteiger partial charge in [0.25, 0.3) is 0 Å². The monoisotopic (exact) mass is 338 g/mol. The SMILES string of the molecule is Cc1cc(C(=O)O)ncc1-c1cc2cnc(Cl)cc2c2ccnn12. The van der Waals surface area contributed by atoms with Gasteiger partial charge in [0, 0.05) is 28.7 Å². The lowest BCUT2D eigenvalue weighted by Gasteiger charge is -2.11. The molecule has 0 bridgehead atoms. The molecule has 0 radical (unpaired) electrons. The maximum Gasteiger partial charge on any atom is 0.354 e. The maximum atomic E-state index is 11.1. The molecule has 0 saturated carbocycles. The number of nitrogens with zero attached hydrogens (tertiary/aromatic N) is 4. The Kier molecular flexibility index (Phi) is 3.21. The molecule has 0 fully saturated rings. The van der Waals surface area contributed by atoms with Crippen molar-refractivity contribution in [1.82, 2.24) is 19.6 Å². The van der Waals surface area contributed by atoms with Crippen LogP contribution in [0.5, 0.6) is 0 Å². The van der Waals surface area contributed by atoms with Crippen LogP contribution in [0.2, 0.25) is 5.15 Å². The summed E-state index contributed by atoms with van der Waals surface area (Å²) in [5.41, 5.74) is 3.34. The summed E-state index contributed by atoms with van der Waals surface area (Å²) in [5.74, 6) is -1.05. The van der Waals surface area contributed by atoms with Gasteiger partial charge >= 0.3 is 5.97 Å². The molecule has 4 heterocycles. The standard InChI is InChI=1S/C17H11ClN4O2/c1-9-4-13(17(23)24)19-8-12(9)15-5-10-7-20-16(18)6-11(10)14-2-3-21-22(14)15/h2-8H,1H3,(H,23,24). The number of aromatic nitrogens is 4. The Balaban J connectivity index is 2.04. The number of hydrogen-bond acceptors (Lipinski definition) is 4. The van der Waals surface area contributed by atoms with Gasteiger partial charge in [-0.05, 0) is 36.8 Å². The minimum Gasteiger partial charge on any atom is -0.477 e. The van der Waals surface area contributed by atoms with E-state index in [1.807, 2.05) is 19.1 Å². The Morgan fingerprint density at radius 3 is 2.79 bits per heavy atom. The summed E-state index contributed by atoms with van der Waals surface area (Å²) in [6.07, 6.45) is 4.98. The number of aromatic carboxylic acids is 1. The van der Waals surface area contributed by atoms with Gasteiger partial charge in [0.2, 0.25) is 0 Å². The minimum absolute atomic E-state index is 0.0159. The predicted molar refractivity (Wildman–Crippen MR) is 90.4 cm³/mol. The number of carbonyl (C=O) groups is 1. The maximum absolute atomic E-state index is 11.1. The number of fused-ring (bicyclic) bond motifs is 3. The van der Waals surface area contributed by atoms with Crippen molar-refractivity contribution in [2.24, 2.45) is 0 Å². The van der Waals surface area contributed by atoms with Gasteiger partial charge in [-0.1, -0.05) is 11.6 Å². The number of hydrogen-bond donors (Lipinski definition) is 1. The van der Waals surface area contributed by atoms with Gasteiger partial charge in [-0.3, -0.25) is 0 Å². The van der Waals surface area contributed by atoms with E-state index < -0.39 is 5.97 Å². The quantitative estimate of drug-likeness (QED) is 0.565. The van der Waals surface area contributed by atoms with Crippen LogP contribution in [0.3, 0.4) is 0 Å². The van der Waals surface area contributed by atoms with Crippen LogP contribution < -0.4 is 0 Å². The lowest BCUT2D eigenvalue weighted by Crippen LogP contribution is -2.03. The van der Waals surface area contributed by atoms with Crippen molar-refractivity contribution in [3.05, 3.63) is 59.3 Å². The smallest absolute Gasteiger partial charge is 0.354 e. The van der Waals surface area contributed by atoms with Gasteiger partial charge in [-0.2, -0.15) is 5.10 Å². The van der Waals surface area contributed by atoms with Crippen LogP contribution in [0.25, 0.3) is 27.5 Å². The van der Waals surface area contributed by atoms with Crippen LogP contribution in [0.1, 0.15) is 16.1 Å². The average Bonchev–Trinajstić information content (AvgIpc) is 3.04. The molecule has 0 unspecified atom stereocenters. The van der Waals surface area contributed by atoms with Gasteiger partial charge in [-0.15, -0.1) is 0 Å². The molecule has 24 heavy (non-hydrogen) atoms. The number of carboxylic acid groups (broad SMARTS) is 1. The summed E-state index contributed by atoms with van der Waals surface area (Å²) in [6.45, 7) is 1.85. The molecular formula is C17H11ClN4O2. The van der Waals surface area contributed by atoms with E-state index in [-0.39, 0.29) is 5.69 Å². The van der Waals surface area contributed by atoms with Crippen molar-refractivity contribution in [3.63, 3.8) is 0 Å². The molecule has 4 aromatic heterocycles. The summed E-state index contributed by atoms with van der Waals surface area (Å²) < 4.78 is 1.79. The molecule has 0 aliphatic heterocycles. The zero-order valence-corrected chi connectivity index (χ0v) is 13.3. The van der Waals surface area contributed by atoms with E-state index >= 15 is 0 Å². The molecule has 118 valence electrons. The number of carboxylic acids is 1. The van der Waals surface area contributed by atoms with Gasteiger partial charge in [-0.25, -0.2) is 19.3 Å². The highest BCUT2D eigenvalue weighted by Gasteiger charge is 2.14. The molecule has 0 atom stereocenters. The molecule has 0 saturated heterocycles. The molecule has 4 rings (SSSR count). The third kappa shape index (κ3) is 2.19. The molecular weight excluding hydrogens is 328 g/mol. The Bertz CT molecular complexity index is 1120. The van der Waals surface area contributed by atoms with Crippen molar-refractivity contribution >= 4 is 33.9 Å². The van der Waals surface area contributed by atoms with E-state index in [4.69, 9.17) is 16.7 Å². The van der Waals surface area contributed by atoms with Crippen LogP contribution in [-0.2, 0) is 0 Å². The molecule has 7 heteroatoms. The van der Waals surface area contributed by atoms with Gasteiger partial charge in [0.1, 0.15) is 10.8 Å². The number of halogens is 1. The highest BCUT2D eigenvalue weighted by atomic mass is 35.5. The molecule has 0 spiro atoms. The normalized spacial score (nSPS) is 11.2. The Morgan fingerprint density at radius 2 is 2.04 bits per heavy atom. The van der Waals surface area contributed by atoms with E-state index in [0.717, 1.165) is 33.1 Å². The first-order chi connectivity index (χ1) is 11.5. The zero-order valence-electron chi connectivity index (χ0n) is 12.6. The second-order valence-electron chi connectivity index (χ2n) is 5.44.